The van der Waals surface area contributed by atoms with Gasteiger partial charge < -0.3 is 14.1 Å². The van der Waals surface area contributed by atoms with Gasteiger partial charge in [-0.3, -0.25) is 0 Å². The van der Waals surface area contributed by atoms with Crippen LogP contribution < -0.4 is 4.72 Å². The fraction of sp³-hybridized carbons (Fsp3) is 0.364. The molecule has 0 bridgehead atoms. The van der Waals surface area contributed by atoms with Crippen LogP contribution in [0.3, 0.4) is 0 Å². The van der Waals surface area contributed by atoms with Crippen molar-refractivity contribution < 1.29 is 17.9 Å². The van der Waals surface area contributed by atoms with E-state index >= 15 is 0 Å². The molecule has 1 atom stereocenters. The third-order valence-corrected chi connectivity index (χ3v) is 3.99. The van der Waals surface area contributed by atoms with Crippen molar-refractivity contribution in [2.75, 3.05) is 6.54 Å². The van der Waals surface area contributed by atoms with E-state index in [1.165, 1.54) is 12.5 Å². The average Bonchev–Trinajstić information content (AvgIpc) is 2.98. The van der Waals surface area contributed by atoms with Crippen LogP contribution in [0.15, 0.2) is 34.0 Å². The smallest absolute Gasteiger partial charge is 0.259 e. The Labute approximate surface area is 110 Å². The summed E-state index contributed by atoms with van der Waals surface area (Å²) in [5.41, 5.74) is 0. The van der Waals surface area contributed by atoms with Gasteiger partial charge in [0.05, 0.1) is 6.26 Å². The summed E-state index contributed by atoms with van der Waals surface area (Å²) in [7, 11) is -2.02. The zero-order valence-electron chi connectivity index (χ0n) is 10.6. The lowest BCUT2D eigenvalue weighted by atomic mass is 10.3. The van der Waals surface area contributed by atoms with Gasteiger partial charge in [-0.2, -0.15) is 0 Å². The fourth-order valence-electron chi connectivity index (χ4n) is 1.50. The molecule has 7 nitrogen and oxygen atoms in total. The molecule has 0 fully saturated rings. The first-order valence-electron chi connectivity index (χ1n) is 5.61. The van der Waals surface area contributed by atoms with Gasteiger partial charge in [-0.1, -0.05) is 0 Å². The first-order chi connectivity index (χ1) is 8.90. The summed E-state index contributed by atoms with van der Waals surface area (Å²) in [5.74, 6) is 0.895. The monoisotopic (exact) mass is 285 g/mol. The quantitative estimate of drug-likeness (QED) is 0.825. The lowest BCUT2D eigenvalue weighted by molar-refractivity contribution is 0.154. The van der Waals surface area contributed by atoms with Crippen LogP contribution >= 0.6 is 0 Å². The maximum Gasteiger partial charge on any atom is 0.259 e. The highest BCUT2D eigenvalue weighted by Crippen LogP contribution is 2.13. The molecule has 0 aliphatic rings. The van der Waals surface area contributed by atoms with Crippen LogP contribution in [0, 0.1) is 6.92 Å². The number of nitrogens with zero attached hydrogens (tertiary/aromatic N) is 2. The molecule has 19 heavy (non-hydrogen) atoms. The Morgan fingerprint density at radius 2 is 2.32 bits per heavy atom. The molecule has 8 heteroatoms. The second-order valence-corrected chi connectivity index (χ2v) is 5.83. The summed E-state index contributed by atoms with van der Waals surface area (Å²) >= 11 is 0. The molecule has 2 aromatic rings. The highest BCUT2D eigenvalue weighted by Gasteiger charge is 2.20. The minimum atomic E-state index is -3.73. The number of aryl methyl sites for hydroxylation is 2. The fourth-order valence-corrected chi connectivity index (χ4v) is 2.57. The molecule has 2 heterocycles. The van der Waals surface area contributed by atoms with Crippen LogP contribution in [0.4, 0.5) is 0 Å². The van der Waals surface area contributed by atoms with E-state index < -0.39 is 16.1 Å². The molecule has 1 unspecified atom stereocenters. The van der Waals surface area contributed by atoms with E-state index in [4.69, 9.17) is 4.42 Å². The van der Waals surface area contributed by atoms with Gasteiger partial charge in [-0.05, 0) is 19.1 Å². The number of nitrogens with one attached hydrogen (secondary N) is 1. The molecule has 104 valence electrons. The van der Waals surface area contributed by atoms with E-state index in [-0.39, 0.29) is 11.6 Å². The van der Waals surface area contributed by atoms with Gasteiger partial charge in [0, 0.05) is 19.8 Å². The van der Waals surface area contributed by atoms with Crippen molar-refractivity contribution in [2.24, 2.45) is 7.05 Å². The summed E-state index contributed by atoms with van der Waals surface area (Å²) in [6.07, 6.45) is 1.79. The van der Waals surface area contributed by atoms with E-state index in [0.29, 0.717) is 11.6 Å². The summed E-state index contributed by atoms with van der Waals surface area (Å²) in [4.78, 5) is 3.93. The van der Waals surface area contributed by atoms with Crippen LogP contribution in [0.5, 0.6) is 0 Å². The zero-order chi connectivity index (χ0) is 14.0. The maximum absolute atomic E-state index is 11.9. The molecule has 0 spiro atoms. The van der Waals surface area contributed by atoms with Gasteiger partial charge in [0.1, 0.15) is 17.7 Å². The number of hydrogen-bond acceptors (Lipinski definition) is 5. The Bertz CT molecular complexity index is 626. The van der Waals surface area contributed by atoms with Gasteiger partial charge in [0.2, 0.25) is 0 Å². The highest BCUT2D eigenvalue weighted by molar-refractivity contribution is 7.89. The van der Waals surface area contributed by atoms with Gasteiger partial charge in [-0.15, -0.1) is 0 Å². The molecule has 0 amide bonds. The Hall–Kier alpha value is -1.64. The molecule has 0 radical (unpaired) electrons. The van der Waals surface area contributed by atoms with Crippen LogP contribution in [-0.4, -0.2) is 29.6 Å². The van der Waals surface area contributed by atoms with E-state index in [1.54, 1.807) is 30.7 Å². The number of hydrogen-bond donors (Lipinski definition) is 2. The minimum absolute atomic E-state index is 0.0702. The highest BCUT2D eigenvalue weighted by atomic mass is 32.2. The minimum Gasteiger partial charge on any atom is -0.467 e. The van der Waals surface area contributed by atoms with Crippen molar-refractivity contribution in [3.05, 3.63) is 36.2 Å². The van der Waals surface area contributed by atoms with E-state index in [9.17, 15) is 13.5 Å². The number of rotatable bonds is 5. The normalized spacial score (nSPS) is 13.6. The Morgan fingerprint density at radius 1 is 1.58 bits per heavy atom. The Morgan fingerprint density at radius 3 is 2.84 bits per heavy atom. The van der Waals surface area contributed by atoms with Crippen molar-refractivity contribution in [3.8, 4) is 0 Å². The summed E-state index contributed by atoms with van der Waals surface area (Å²) < 4.78 is 32.8. The number of aliphatic hydroxyl groups is 1. The van der Waals surface area contributed by atoms with Gasteiger partial charge >= 0.3 is 0 Å². The van der Waals surface area contributed by atoms with Gasteiger partial charge in [0.15, 0.2) is 5.03 Å². The van der Waals surface area contributed by atoms with Crippen LogP contribution in [-0.2, 0) is 17.1 Å². The van der Waals surface area contributed by atoms with Crippen LogP contribution in [0.1, 0.15) is 17.7 Å². The van der Waals surface area contributed by atoms with E-state index in [1.807, 2.05) is 0 Å². The second-order valence-electron chi connectivity index (χ2n) is 4.12. The van der Waals surface area contributed by atoms with Gasteiger partial charge in [-0.25, -0.2) is 18.1 Å². The molecule has 0 saturated heterocycles. The van der Waals surface area contributed by atoms with Gasteiger partial charge in [0.25, 0.3) is 10.0 Å². The number of imidazole rings is 1. The molecular weight excluding hydrogens is 270 g/mol. The average molecular weight is 285 g/mol. The van der Waals surface area contributed by atoms with Crippen molar-refractivity contribution in [3.63, 3.8) is 0 Å². The molecule has 2 rings (SSSR count). The standard InChI is InChI=1S/C11H15N3O4S/c1-8-13-11(7-14(8)2)19(16,17)12-6-9(15)10-4-3-5-18-10/h3-5,7,9,12,15H,6H2,1-2H3. The third-order valence-electron chi connectivity index (χ3n) is 2.70. The molecule has 0 aromatic carbocycles. The molecule has 0 aliphatic heterocycles. The van der Waals surface area contributed by atoms with Crippen molar-refractivity contribution in [2.45, 2.75) is 18.1 Å². The summed E-state index contributed by atoms with van der Waals surface area (Å²) in [6.45, 7) is 1.53. The second kappa shape index (κ2) is 5.16. The number of sulfonamides is 1. The number of furan rings is 1. The molecule has 2 aromatic heterocycles. The predicted octanol–water partition coefficient (Wildman–Crippen LogP) is 0.333. The van der Waals surface area contributed by atoms with E-state index in [0.717, 1.165) is 0 Å². The van der Waals surface area contributed by atoms with Crippen molar-refractivity contribution in [1.82, 2.24) is 14.3 Å². The predicted molar refractivity (Wildman–Crippen MR) is 66.8 cm³/mol. The van der Waals surface area contributed by atoms with Crippen molar-refractivity contribution >= 4 is 10.0 Å². The Kier molecular flexibility index (Phi) is 3.74. The largest absolute Gasteiger partial charge is 0.467 e. The third kappa shape index (κ3) is 3.03. The zero-order valence-corrected chi connectivity index (χ0v) is 11.4. The van der Waals surface area contributed by atoms with Crippen LogP contribution in [0.25, 0.3) is 0 Å². The molecule has 0 saturated carbocycles. The SMILES string of the molecule is Cc1nc(S(=O)(=O)NCC(O)c2ccco2)cn1C. The van der Waals surface area contributed by atoms with E-state index in [2.05, 4.69) is 9.71 Å². The summed E-state index contributed by atoms with van der Waals surface area (Å²) in [6, 6.07) is 3.19. The van der Waals surface area contributed by atoms with Crippen molar-refractivity contribution in [1.29, 1.82) is 0 Å². The maximum atomic E-state index is 11.9. The lowest BCUT2D eigenvalue weighted by Crippen LogP contribution is -2.28. The summed E-state index contributed by atoms with van der Waals surface area (Å²) in [5, 5.41) is 9.66. The number of aromatic nitrogens is 2. The molecule has 2 N–H and O–H groups in total. The first kappa shape index (κ1) is 13.8. The molecular formula is C11H15N3O4S. The topological polar surface area (TPSA) is 97.4 Å². The Balaban J connectivity index is 2.06. The first-order valence-corrected chi connectivity index (χ1v) is 7.09. The van der Waals surface area contributed by atoms with Crippen LogP contribution in [0.2, 0.25) is 0 Å². The molecule has 0 aliphatic carbocycles. The number of aliphatic hydroxyl groups excluding tert-OH is 1. The lowest BCUT2D eigenvalue weighted by Gasteiger charge is -2.08.